The number of rotatable bonds is 8. The molecule has 19 heteroatoms. The number of anilines is 3. The Morgan fingerprint density at radius 3 is 2.40 bits per heavy atom. The zero-order valence-corrected chi connectivity index (χ0v) is 26.6. The van der Waals surface area contributed by atoms with Crippen molar-refractivity contribution in [2.24, 2.45) is 5.14 Å². The summed E-state index contributed by atoms with van der Waals surface area (Å²) in [6.45, 7) is 1.000. The standard InChI is InChI=1S/C31H24N8O10S/c1-16(40)48-25(26-31(44)37(12-13-47-26)24-8-11-38(35-24)17-6-9-33-10-7-17)28(41)34-21-15-22-20(14-23(21)50(32,45)46)27(36-49-22)39-29(42)18-4-2-3-5-19(18)30(39)43/h2-11,14-15,25-26H,12-13H2,1H3,(H,34,41)(H2,32,45,46). The fourth-order valence-corrected chi connectivity index (χ4v) is 6.31. The Labute approximate surface area is 281 Å². The monoisotopic (exact) mass is 700 g/mol. The molecule has 0 saturated carbocycles. The summed E-state index contributed by atoms with van der Waals surface area (Å²) in [5.74, 6) is -4.36. The van der Waals surface area contributed by atoms with Crippen LogP contribution in [0.2, 0.25) is 0 Å². The minimum atomic E-state index is -4.62. The quantitative estimate of drug-likeness (QED) is 0.171. The molecule has 5 heterocycles. The van der Waals surface area contributed by atoms with Crippen molar-refractivity contribution in [3.8, 4) is 5.69 Å². The number of carbonyl (C=O) groups excluding carboxylic acids is 5. The Kier molecular flexibility index (Phi) is 7.93. The van der Waals surface area contributed by atoms with Crippen LogP contribution in [0.25, 0.3) is 16.7 Å². The Hall–Kier alpha value is -6.31. The van der Waals surface area contributed by atoms with E-state index in [-0.39, 0.29) is 46.9 Å². The van der Waals surface area contributed by atoms with E-state index in [1.54, 1.807) is 48.9 Å². The highest BCUT2D eigenvalue weighted by Crippen LogP contribution is 2.37. The highest BCUT2D eigenvalue weighted by molar-refractivity contribution is 7.89. The first-order chi connectivity index (χ1) is 23.9. The maximum absolute atomic E-state index is 13.7. The van der Waals surface area contributed by atoms with E-state index < -0.39 is 62.4 Å². The average molecular weight is 701 g/mol. The van der Waals surface area contributed by atoms with Gasteiger partial charge in [-0.1, -0.05) is 17.3 Å². The molecule has 3 aromatic heterocycles. The second-order valence-corrected chi connectivity index (χ2v) is 12.5. The third-order valence-electron chi connectivity index (χ3n) is 7.85. The number of aromatic nitrogens is 4. The Morgan fingerprint density at radius 2 is 1.74 bits per heavy atom. The van der Waals surface area contributed by atoms with E-state index in [2.05, 4.69) is 20.6 Å². The fourth-order valence-electron chi connectivity index (χ4n) is 5.61. The molecule has 1 fully saturated rings. The molecule has 18 nitrogen and oxygen atoms in total. The number of esters is 1. The number of hydrogen-bond acceptors (Lipinski definition) is 13. The molecular formula is C31H24N8O10S. The molecule has 2 atom stereocenters. The van der Waals surface area contributed by atoms with Crippen molar-refractivity contribution in [3.05, 3.63) is 84.3 Å². The number of hydrogen-bond donors (Lipinski definition) is 2. The normalized spacial score (nSPS) is 16.8. The van der Waals surface area contributed by atoms with Gasteiger partial charge in [0.1, 0.15) is 4.90 Å². The third kappa shape index (κ3) is 5.63. The number of fused-ring (bicyclic) bond motifs is 2. The summed E-state index contributed by atoms with van der Waals surface area (Å²) in [7, 11) is -4.62. The van der Waals surface area contributed by atoms with Crippen molar-refractivity contribution < 1.29 is 46.4 Å². The van der Waals surface area contributed by atoms with Crippen LogP contribution >= 0.6 is 0 Å². The molecule has 0 bridgehead atoms. The third-order valence-corrected chi connectivity index (χ3v) is 8.80. The molecule has 254 valence electrons. The van der Waals surface area contributed by atoms with E-state index in [1.807, 2.05) is 0 Å². The van der Waals surface area contributed by atoms with E-state index in [0.29, 0.717) is 5.69 Å². The van der Waals surface area contributed by atoms with Crippen LogP contribution in [0.3, 0.4) is 0 Å². The van der Waals surface area contributed by atoms with E-state index in [0.717, 1.165) is 24.0 Å². The highest BCUT2D eigenvalue weighted by atomic mass is 32.2. The first-order valence-electron chi connectivity index (χ1n) is 14.7. The number of imide groups is 1. The first-order valence-corrected chi connectivity index (χ1v) is 16.3. The number of benzene rings is 2. The van der Waals surface area contributed by atoms with Gasteiger partial charge in [-0.15, -0.1) is 5.10 Å². The number of nitrogens with zero attached hydrogens (tertiary/aromatic N) is 6. The van der Waals surface area contributed by atoms with Gasteiger partial charge in [0.15, 0.2) is 23.3 Å². The summed E-state index contributed by atoms with van der Waals surface area (Å²) in [5, 5.41) is 16.0. The predicted octanol–water partition coefficient (Wildman–Crippen LogP) is 1.16. The maximum Gasteiger partial charge on any atom is 0.303 e. The predicted molar refractivity (Wildman–Crippen MR) is 171 cm³/mol. The molecule has 0 radical (unpaired) electrons. The lowest BCUT2D eigenvalue weighted by atomic mass is 10.1. The van der Waals surface area contributed by atoms with Gasteiger partial charge in [-0.05, 0) is 30.3 Å². The van der Waals surface area contributed by atoms with E-state index in [1.165, 1.54) is 21.7 Å². The van der Waals surface area contributed by atoms with Crippen LogP contribution in [-0.4, -0.2) is 83.3 Å². The van der Waals surface area contributed by atoms with E-state index >= 15 is 0 Å². The molecule has 2 unspecified atom stereocenters. The second kappa shape index (κ2) is 12.3. The van der Waals surface area contributed by atoms with Crippen LogP contribution in [0, 0.1) is 0 Å². The maximum atomic E-state index is 13.7. The number of pyridine rings is 1. The fraction of sp³-hybridized carbons (Fsp3) is 0.161. The van der Waals surface area contributed by atoms with Crippen LogP contribution < -0.4 is 20.3 Å². The summed E-state index contributed by atoms with van der Waals surface area (Å²) in [6.07, 6.45) is 1.20. The number of carbonyl (C=O) groups is 5. The summed E-state index contributed by atoms with van der Waals surface area (Å²) in [4.78, 5) is 71.0. The largest absolute Gasteiger partial charge is 0.449 e. The van der Waals surface area contributed by atoms with Crippen molar-refractivity contribution in [1.82, 2.24) is 19.9 Å². The van der Waals surface area contributed by atoms with Crippen molar-refractivity contribution in [3.63, 3.8) is 0 Å². The molecule has 2 aliphatic heterocycles. The number of amides is 4. The molecule has 3 N–H and O–H groups in total. The van der Waals surface area contributed by atoms with Gasteiger partial charge < -0.3 is 19.3 Å². The van der Waals surface area contributed by atoms with Crippen molar-refractivity contribution in [1.29, 1.82) is 0 Å². The molecule has 0 aliphatic carbocycles. The van der Waals surface area contributed by atoms with Gasteiger partial charge in [-0.25, -0.2) is 23.1 Å². The lowest BCUT2D eigenvalue weighted by Gasteiger charge is -2.34. The van der Waals surface area contributed by atoms with Crippen molar-refractivity contribution in [2.75, 3.05) is 28.3 Å². The Bertz CT molecular complexity index is 2300. The number of morpholine rings is 1. The number of nitrogens with two attached hydrogens (primary N) is 1. The Balaban J connectivity index is 1.19. The van der Waals surface area contributed by atoms with Crippen LogP contribution in [0.15, 0.2) is 82.6 Å². The van der Waals surface area contributed by atoms with Crippen LogP contribution in [0.5, 0.6) is 0 Å². The number of ether oxygens (including phenoxy) is 2. The lowest BCUT2D eigenvalue weighted by molar-refractivity contribution is -0.167. The molecule has 5 aromatic rings. The SMILES string of the molecule is CC(=O)OC(C(=O)Nc1cc2onc(N3C(=O)c4ccccc4C3=O)c2cc1S(N)(=O)=O)C1OCCN(c2ccn(-c3ccncc3)n2)C1=O. The summed E-state index contributed by atoms with van der Waals surface area (Å²) >= 11 is 0. The van der Waals surface area contributed by atoms with E-state index in [4.69, 9.17) is 19.1 Å². The van der Waals surface area contributed by atoms with Gasteiger partial charge in [0.05, 0.1) is 41.0 Å². The van der Waals surface area contributed by atoms with Gasteiger partial charge in [0.25, 0.3) is 23.6 Å². The van der Waals surface area contributed by atoms with Crippen molar-refractivity contribution >= 4 is 67.9 Å². The lowest BCUT2D eigenvalue weighted by Crippen LogP contribution is -2.56. The van der Waals surface area contributed by atoms with Crippen molar-refractivity contribution in [2.45, 2.75) is 24.0 Å². The van der Waals surface area contributed by atoms with Crippen LogP contribution in [0.1, 0.15) is 27.6 Å². The summed E-state index contributed by atoms with van der Waals surface area (Å²) < 4.78 is 43.3. The van der Waals surface area contributed by atoms with Crippen LogP contribution in [0.4, 0.5) is 17.3 Å². The minimum absolute atomic E-state index is 0.0598. The van der Waals surface area contributed by atoms with Crippen LogP contribution in [-0.2, 0) is 33.9 Å². The summed E-state index contributed by atoms with van der Waals surface area (Å²) in [6, 6.07) is 13.1. The van der Waals surface area contributed by atoms with Gasteiger partial charge in [0.2, 0.25) is 16.1 Å². The topological polar surface area (TPSA) is 239 Å². The zero-order chi connectivity index (χ0) is 35.3. The van der Waals surface area contributed by atoms with Gasteiger partial charge in [0, 0.05) is 37.6 Å². The Morgan fingerprint density at radius 1 is 1.04 bits per heavy atom. The molecular weight excluding hydrogens is 676 g/mol. The summed E-state index contributed by atoms with van der Waals surface area (Å²) in [5.41, 5.74) is 0.306. The van der Waals surface area contributed by atoms with Gasteiger partial charge in [-0.2, -0.15) is 0 Å². The first kappa shape index (κ1) is 32.2. The van der Waals surface area contributed by atoms with Gasteiger partial charge in [-0.3, -0.25) is 33.9 Å². The highest BCUT2D eigenvalue weighted by Gasteiger charge is 2.44. The minimum Gasteiger partial charge on any atom is -0.449 e. The number of primary sulfonamides is 1. The second-order valence-electron chi connectivity index (χ2n) is 11.0. The molecule has 0 spiro atoms. The average Bonchev–Trinajstić information content (AvgIpc) is 3.80. The smallest absolute Gasteiger partial charge is 0.303 e. The molecule has 50 heavy (non-hydrogen) atoms. The zero-order valence-electron chi connectivity index (χ0n) is 25.7. The number of nitrogens with one attached hydrogen (secondary N) is 1. The molecule has 2 aliphatic rings. The van der Waals surface area contributed by atoms with Gasteiger partial charge >= 0.3 is 5.97 Å². The molecule has 4 amide bonds. The van der Waals surface area contributed by atoms with E-state index in [9.17, 15) is 32.4 Å². The molecule has 7 rings (SSSR count). The number of sulfonamides is 1. The molecule has 1 saturated heterocycles. The molecule has 2 aromatic carbocycles.